The zero-order valence-corrected chi connectivity index (χ0v) is 19.5. The van der Waals surface area contributed by atoms with Crippen molar-refractivity contribution in [1.29, 1.82) is 0 Å². The number of rotatable bonds is 7. The Morgan fingerprint density at radius 1 is 1.12 bits per heavy atom. The van der Waals surface area contributed by atoms with Gasteiger partial charge in [0.25, 0.3) is 0 Å². The van der Waals surface area contributed by atoms with E-state index >= 15 is 0 Å². The maximum Gasteiger partial charge on any atom is 0.250 e. The molecular weight excluding hydrogens is 454 g/mol. The van der Waals surface area contributed by atoms with Gasteiger partial charge in [-0.15, -0.1) is 22.7 Å². The summed E-state index contributed by atoms with van der Waals surface area (Å²) in [6.07, 6.45) is 5.28. The average molecular weight is 478 g/mol. The van der Waals surface area contributed by atoms with Crippen molar-refractivity contribution in [2.24, 2.45) is 0 Å². The number of anilines is 1. The first kappa shape index (κ1) is 21.7. The lowest BCUT2D eigenvalue weighted by Gasteiger charge is -2.25. The molecule has 33 heavy (non-hydrogen) atoms. The molecule has 1 aliphatic heterocycles. The van der Waals surface area contributed by atoms with Gasteiger partial charge in [-0.25, -0.2) is 9.67 Å². The van der Waals surface area contributed by atoms with E-state index in [0.717, 1.165) is 60.4 Å². The van der Waals surface area contributed by atoms with Crippen LogP contribution in [0, 0.1) is 0 Å². The van der Waals surface area contributed by atoms with Gasteiger partial charge in [0.1, 0.15) is 5.69 Å². The molecule has 1 aliphatic rings. The lowest BCUT2D eigenvalue weighted by atomic mass is 10.2. The highest BCUT2D eigenvalue weighted by molar-refractivity contribution is 7.14. The van der Waals surface area contributed by atoms with Crippen molar-refractivity contribution in [1.82, 2.24) is 19.7 Å². The zero-order chi connectivity index (χ0) is 22.5. The lowest BCUT2D eigenvalue weighted by molar-refractivity contribution is -0.111. The third-order valence-electron chi connectivity index (χ3n) is 5.20. The Hall–Kier alpha value is -3.11. The highest BCUT2D eigenvalue weighted by Crippen LogP contribution is 2.28. The molecule has 9 heteroatoms. The Bertz CT molecular complexity index is 1230. The number of carbonyl (C=O) groups is 1. The van der Waals surface area contributed by atoms with E-state index in [4.69, 9.17) is 9.84 Å². The van der Waals surface area contributed by atoms with E-state index in [1.54, 1.807) is 17.4 Å². The number of hydrogen-bond donors (Lipinski definition) is 1. The van der Waals surface area contributed by atoms with Crippen molar-refractivity contribution in [2.45, 2.75) is 6.54 Å². The van der Waals surface area contributed by atoms with Crippen molar-refractivity contribution in [3.63, 3.8) is 0 Å². The molecule has 168 valence electrons. The Kier molecular flexibility index (Phi) is 6.73. The monoisotopic (exact) mass is 477 g/mol. The van der Waals surface area contributed by atoms with Crippen molar-refractivity contribution < 1.29 is 9.53 Å². The zero-order valence-electron chi connectivity index (χ0n) is 17.9. The van der Waals surface area contributed by atoms with E-state index in [1.807, 2.05) is 64.1 Å². The standard InChI is InChI=1S/C24H23N5O2S2/c30-22(26-24-25-19(17-33-24)16-28-10-12-31-13-11-28)9-8-18-15-29(20-5-2-1-3-6-20)27-23(18)21-7-4-14-32-21/h1-9,14-15,17H,10-13,16H2,(H,25,26,30). The molecule has 4 aromatic rings. The SMILES string of the molecule is O=C(C=Cc1cn(-c2ccccc2)nc1-c1cccs1)Nc1nc(CN2CCOCC2)cs1. The Morgan fingerprint density at radius 2 is 1.97 bits per heavy atom. The van der Waals surface area contributed by atoms with Crippen molar-refractivity contribution >= 4 is 39.8 Å². The predicted octanol–water partition coefficient (Wildman–Crippen LogP) is 4.54. The predicted molar refractivity (Wildman–Crippen MR) is 133 cm³/mol. The second-order valence-electron chi connectivity index (χ2n) is 7.55. The van der Waals surface area contributed by atoms with Crippen molar-refractivity contribution in [2.75, 3.05) is 31.6 Å². The van der Waals surface area contributed by atoms with Crippen LogP contribution in [0.15, 0.2) is 65.5 Å². The molecule has 0 spiro atoms. The van der Waals surface area contributed by atoms with Crippen molar-refractivity contribution in [3.8, 4) is 16.3 Å². The summed E-state index contributed by atoms with van der Waals surface area (Å²) in [5, 5.41) is 12.3. The second-order valence-corrected chi connectivity index (χ2v) is 9.35. The fraction of sp³-hybridized carbons (Fsp3) is 0.208. The van der Waals surface area contributed by atoms with Gasteiger partial charge in [-0.2, -0.15) is 5.10 Å². The smallest absolute Gasteiger partial charge is 0.250 e. The largest absolute Gasteiger partial charge is 0.379 e. The first-order chi connectivity index (χ1) is 16.2. The minimum Gasteiger partial charge on any atom is -0.379 e. The quantitative estimate of drug-likeness (QED) is 0.396. The average Bonchev–Trinajstić information content (AvgIpc) is 3.60. The minimum absolute atomic E-state index is 0.216. The third-order valence-corrected chi connectivity index (χ3v) is 6.89. The number of ether oxygens (including phenoxy) is 1. The number of nitrogens with one attached hydrogen (secondary N) is 1. The summed E-state index contributed by atoms with van der Waals surface area (Å²) in [5.74, 6) is -0.216. The summed E-state index contributed by atoms with van der Waals surface area (Å²) in [6, 6.07) is 14.0. The van der Waals surface area contributed by atoms with Gasteiger partial charge in [-0.3, -0.25) is 15.0 Å². The van der Waals surface area contributed by atoms with Gasteiger partial charge in [0.15, 0.2) is 5.13 Å². The molecule has 4 heterocycles. The van der Waals surface area contributed by atoms with Crippen LogP contribution < -0.4 is 5.32 Å². The first-order valence-electron chi connectivity index (χ1n) is 10.7. The van der Waals surface area contributed by atoms with Crippen LogP contribution in [0.4, 0.5) is 5.13 Å². The van der Waals surface area contributed by atoms with Gasteiger partial charge in [0.05, 0.1) is 29.5 Å². The Labute approximate surface area is 200 Å². The molecule has 1 amide bonds. The minimum atomic E-state index is -0.216. The fourth-order valence-corrected chi connectivity index (χ4v) is 5.00. The highest BCUT2D eigenvalue weighted by atomic mass is 32.1. The van der Waals surface area contributed by atoms with E-state index in [0.29, 0.717) is 5.13 Å². The van der Waals surface area contributed by atoms with Gasteiger partial charge in [-0.05, 0) is 29.7 Å². The number of aromatic nitrogens is 3. The molecule has 7 nitrogen and oxygen atoms in total. The van der Waals surface area contributed by atoms with E-state index in [-0.39, 0.29) is 5.91 Å². The molecule has 5 rings (SSSR count). The number of hydrogen-bond acceptors (Lipinski definition) is 7. The molecule has 0 aliphatic carbocycles. The molecular formula is C24H23N5O2S2. The summed E-state index contributed by atoms with van der Waals surface area (Å²) in [5.41, 5.74) is 3.66. The molecule has 1 saturated heterocycles. The molecule has 0 bridgehead atoms. The van der Waals surface area contributed by atoms with Crippen LogP contribution in [0.2, 0.25) is 0 Å². The van der Waals surface area contributed by atoms with Crippen molar-refractivity contribution in [3.05, 3.63) is 76.8 Å². The number of morpholine rings is 1. The molecule has 0 radical (unpaired) electrons. The van der Waals surface area contributed by atoms with E-state index < -0.39 is 0 Å². The maximum atomic E-state index is 12.6. The molecule has 3 aromatic heterocycles. The molecule has 0 saturated carbocycles. The van der Waals surface area contributed by atoms with E-state index in [9.17, 15) is 4.79 Å². The molecule has 1 fully saturated rings. The van der Waals surface area contributed by atoms with Gasteiger partial charge < -0.3 is 4.74 Å². The molecule has 0 unspecified atom stereocenters. The van der Waals surface area contributed by atoms with Gasteiger partial charge in [-0.1, -0.05) is 24.3 Å². The maximum absolute atomic E-state index is 12.6. The van der Waals surface area contributed by atoms with Gasteiger partial charge in [0.2, 0.25) is 5.91 Å². The number of para-hydroxylation sites is 1. The Balaban J connectivity index is 1.29. The van der Waals surface area contributed by atoms with Crippen LogP contribution in [-0.2, 0) is 16.1 Å². The summed E-state index contributed by atoms with van der Waals surface area (Å²) >= 11 is 3.06. The van der Waals surface area contributed by atoms with E-state index in [1.165, 1.54) is 17.4 Å². The second kappa shape index (κ2) is 10.2. The number of thiazole rings is 1. The first-order valence-corrected chi connectivity index (χ1v) is 12.4. The van der Waals surface area contributed by atoms with E-state index in [2.05, 4.69) is 15.2 Å². The van der Waals surface area contributed by atoms with Crippen LogP contribution >= 0.6 is 22.7 Å². The molecule has 1 N–H and O–H groups in total. The lowest BCUT2D eigenvalue weighted by Crippen LogP contribution is -2.35. The highest BCUT2D eigenvalue weighted by Gasteiger charge is 2.14. The fourth-order valence-electron chi connectivity index (χ4n) is 3.56. The summed E-state index contributed by atoms with van der Waals surface area (Å²) in [7, 11) is 0. The van der Waals surface area contributed by atoms with Gasteiger partial charge >= 0.3 is 0 Å². The summed E-state index contributed by atoms with van der Waals surface area (Å²) < 4.78 is 7.23. The Morgan fingerprint density at radius 3 is 2.76 bits per heavy atom. The number of thiophene rings is 1. The number of benzene rings is 1. The molecule has 0 atom stereocenters. The topological polar surface area (TPSA) is 72.3 Å². The number of nitrogens with zero attached hydrogens (tertiary/aromatic N) is 4. The van der Waals surface area contributed by atoms with Crippen LogP contribution in [-0.4, -0.2) is 51.9 Å². The normalized spacial score (nSPS) is 14.7. The third kappa shape index (κ3) is 5.45. The van der Waals surface area contributed by atoms with Gasteiger partial charge in [0, 0.05) is 42.9 Å². The van der Waals surface area contributed by atoms with Crippen LogP contribution in [0.5, 0.6) is 0 Å². The van der Waals surface area contributed by atoms with Crippen LogP contribution in [0.1, 0.15) is 11.3 Å². The summed E-state index contributed by atoms with van der Waals surface area (Å²) in [6.45, 7) is 4.10. The number of amides is 1. The van der Waals surface area contributed by atoms with Crippen LogP contribution in [0.25, 0.3) is 22.3 Å². The summed E-state index contributed by atoms with van der Waals surface area (Å²) in [4.78, 5) is 20.5. The number of carbonyl (C=O) groups excluding carboxylic acids is 1. The van der Waals surface area contributed by atoms with Crippen LogP contribution in [0.3, 0.4) is 0 Å². The molecule has 1 aromatic carbocycles.